The van der Waals surface area contributed by atoms with Crippen molar-refractivity contribution >= 4 is 34.6 Å². The molecule has 1 fully saturated rings. The van der Waals surface area contributed by atoms with Crippen LogP contribution in [0.1, 0.15) is 29.8 Å². The molecular formula is C17H21N3O3S2. The van der Waals surface area contributed by atoms with E-state index >= 15 is 0 Å². The minimum absolute atomic E-state index is 0.0272. The predicted octanol–water partition coefficient (Wildman–Crippen LogP) is 2.88. The molecule has 0 aromatic carbocycles. The quantitative estimate of drug-likeness (QED) is 0.865. The number of thiazole rings is 1. The van der Waals surface area contributed by atoms with Gasteiger partial charge in [-0.2, -0.15) is 0 Å². The molecule has 1 unspecified atom stereocenters. The van der Waals surface area contributed by atoms with Crippen LogP contribution in [0, 0.1) is 0 Å². The lowest BCUT2D eigenvalue weighted by Crippen LogP contribution is -2.37. The smallest absolute Gasteiger partial charge is 0.317 e. The summed E-state index contributed by atoms with van der Waals surface area (Å²) in [5.41, 5.74) is 0.505. The van der Waals surface area contributed by atoms with Gasteiger partial charge in [-0.15, -0.1) is 22.7 Å². The monoisotopic (exact) mass is 379 g/mol. The second-order valence-corrected chi connectivity index (χ2v) is 8.01. The maximum Gasteiger partial charge on any atom is 0.317 e. The molecule has 6 nitrogen and oxygen atoms in total. The molecule has 1 saturated heterocycles. The van der Waals surface area contributed by atoms with Gasteiger partial charge in [0.15, 0.2) is 0 Å². The van der Waals surface area contributed by atoms with Gasteiger partial charge < -0.3 is 10.0 Å². The molecule has 3 heterocycles. The number of hydrogen-bond acceptors (Lipinski definition) is 6. The summed E-state index contributed by atoms with van der Waals surface area (Å²) < 4.78 is 0. The molecule has 25 heavy (non-hydrogen) atoms. The van der Waals surface area contributed by atoms with Gasteiger partial charge in [0, 0.05) is 24.5 Å². The molecule has 0 radical (unpaired) electrons. The average Bonchev–Trinajstić information content (AvgIpc) is 3.20. The van der Waals surface area contributed by atoms with E-state index in [1.807, 2.05) is 39.7 Å². The van der Waals surface area contributed by atoms with Gasteiger partial charge >= 0.3 is 5.97 Å². The molecule has 8 heteroatoms. The third kappa shape index (κ3) is 4.45. The summed E-state index contributed by atoms with van der Waals surface area (Å²) in [6.45, 7) is 1.37. The van der Waals surface area contributed by atoms with E-state index in [0.717, 1.165) is 29.1 Å². The lowest BCUT2D eigenvalue weighted by atomic mass is 10.1. The number of aliphatic carboxylic acids is 1. The first-order valence-corrected chi connectivity index (χ1v) is 10.0. The van der Waals surface area contributed by atoms with E-state index < -0.39 is 5.97 Å². The highest BCUT2D eigenvalue weighted by Gasteiger charge is 2.25. The zero-order valence-electron chi connectivity index (χ0n) is 14.1. The van der Waals surface area contributed by atoms with Gasteiger partial charge in [-0.3, -0.25) is 14.5 Å². The van der Waals surface area contributed by atoms with Crippen LogP contribution >= 0.6 is 22.7 Å². The molecule has 1 aliphatic rings. The number of hydrogen-bond donors (Lipinski definition) is 1. The number of nitrogens with zero attached hydrogens (tertiary/aromatic N) is 3. The fraction of sp³-hybridized carbons (Fsp3) is 0.471. The SMILES string of the molecule is CN(CC(=O)O)C1CCCN(C(=O)c2csc(-c3cccs3)n2)CC1. The number of aromatic nitrogens is 1. The summed E-state index contributed by atoms with van der Waals surface area (Å²) in [7, 11) is 1.84. The predicted molar refractivity (Wildman–Crippen MR) is 99.2 cm³/mol. The van der Waals surface area contributed by atoms with Crippen LogP contribution in [-0.2, 0) is 4.79 Å². The van der Waals surface area contributed by atoms with Gasteiger partial charge in [0.25, 0.3) is 5.91 Å². The van der Waals surface area contributed by atoms with Gasteiger partial charge in [-0.05, 0) is 37.8 Å². The standard InChI is InChI=1S/C17H21N3O3S2/c1-19(10-15(21)22)12-4-2-7-20(8-6-12)17(23)13-11-25-16(18-13)14-5-3-9-24-14/h3,5,9,11-12H,2,4,6-8,10H2,1H3,(H,21,22). The zero-order valence-corrected chi connectivity index (χ0v) is 15.7. The second-order valence-electron chi connectivity index (χ2n) is 6.20. The van der Waals surface area contributed by atoms with Gasteiger partial charge in [-0.1, -0.05) is 6.07 Å². The Morgan fingerprint density at radius 1 is 1.36 bits per heavy atom. The number of rotatable bonds is 5. The highest BCUT2D eigenvalue weighted by atomic mass is 32.1. The Balaban J connectivity index is 1.62. The molecule has 134 valence electrons. The van der Waals surface area contributed by atoms with Crippen LogP contribution in [0.2, 0.25) is 0 Å². The van der Waals surface area contributed by atoms with Crippen LogP contribution in [0.5, 0.6) is 0 Å². The summed E-state index contributed by atoms with van der Waals surface area (Å²) in [4.78, 5) is 32.9. The first kappa shape index (κ1) is 18.0. The maximum absolute atomic E-state index is 12.8. The number of amides is 1. The van der Waals surface area contributed by atoms with Crippen LogP contribution in [0.15, 0.2) is 22.9 Å². The number of likely N-dealkylation sites (N-methyl/N-ethyl adjacent to an activating group) is 1. The van der Waals surface area contributed by atoms with Gasteiger partial charge in [0.05, 0.1) is 11.4 Å². The summed E-state index contributed by atoms with van der Waals surface area (Å²) >= 11 is 3.11. The van der Waals surface area contributed by atoms with Crippen LogP contribution in [0.4, 0.5) is 0 Å². The van der Waals surface area contributed by atoms with Crippen LogP contribution in [0.3, 0.4) is 0 Å². The Labute approximate surface area is 154 Å². The molecule has 2 aromatic heterocycles. The molecule has 3 rings (SSSR count). The molecule has 2 aromatic rings. The minimum atomic E-state index is -0.816. The lowest BCUT2D eigenvalue weighted by molar-refractivity contribution is -0.138. The number of likely N-dealkylation sites (tertiary alicyclic amines) is 1. The second kappa shape index (κ2) is 8.07. The van der Waals surface area contributed by atoms with E-state index in [0.29, 0.717) is 18.8 Å². The number of thiophene rings is 1. The molecule has 1 N–H and O–H groups in total. The van der Waals surface area contributed by atoms with Crippen LogP contribution in [-0.4, -0.2) is 64.5 Å². The van der Waals surface area contributed by atoms with Crippen LogP contribution < -0.4 is 0 Å². The molecule has 0 saturated carbocycles. The Morgan fingerprint density at radius 2 is 2.20 bits per heavy atom. The van der Waals surface area contributed by atoms with Crippen molar-refractivity contribution in [2.75, 3.05) is 26.7 Å². The number of carboxylic acid groups (broad SMARTS) is 1. The van der Waals surface area contributed by atoms with Gasteiger partial charge in [-0.25, -0.2) is 4.98 Å². The van der Waals surface area contributed by atoms with E-state index in [4.69, 9.17) is 5.11 Å². The normalized spacial score (nSPS) is 18.3. The third-order valence-electron chi connectivity index (χ3n) is 4.45. The van der Waals surface area contributed by atoms with Crippen molar-refractivity contribution in [2.24, 2.45) is 0 Å². The Hall–Kier alpha value is -1.77. The van der Waals surface area contributed by atoms with Gasteiger partial charge in [0.1, 0.15) is 10.7 Å². The Kier molecular flexibility index (Phi) is 5.82. The molecule has 0 bridgehead atoms. The zero-order chi connectivity index (χ0) is 17.8. The molecule has 1 aliphatic heterocycles. The van der Waals surface area contributed by atoms with Crippen LogP contribution in [0.25, 0.3) is 9.88 Å². The maximum atomic E-state index is 12.8. The summed E-state index contributed by atoms with van der Waals surface area (Å²) in [6.07, 6.45) is 2.57. The van der Waals surface area contributed by atoms with E-state index in [1.54, 1.807) is 11.3 Å². The first-order chi connectivity index (χ1) is 12.0. The topological polar surface area (TPSA) is 73.7 Å². The number of carboxylic acids is 1. The fourth-order valence-electron chi connectivity index (χ4n) is 3.11. The van der Waals surface area contributed by atoms with Crippen molar-refractivity contribution in [3.63, 3.8) is 0 Å². The minimum Gasteiger partial charge on any atom is -0.480 e. The van der Waals surface area contributed by atoms with Crippen molar-refractivity contribution in [3.8, 4) is 9.88 Å². The molecule has 0 spiro atoms. The Morgan fingerprint density at radius 3 is 2.92 bits per heavy atom. The van der Waals surface area contributed by atoms with E-state index in [2.05, 4.69) is 4.98 Å². The Bertz CT molecular complexity index is 729. The third-order valence-corrected chi connectivity index (χ3v) is 6.33. The van der Waals surface area contributed by atoms with E-state index in [-0.39, 0.29) is 18.5 Å². The molecular weight excluding hydrogens is 358 g/mol. The summed E-state index contributed by atoms with van der Waals surface area (Å²) in [5.74, 6) is -0.844. The number of carbonyl (C=O) groups excluding carboxylic acids is 1. The molecule has 1 atom stereocenters. The van der Waals surface area contributed by atoms with Crippen molar-refractivity contribution < 1.29 is 14.7 Å². The fourth-order valence-corrected chi connectivity index (χ4v) is 4.72. The highest BCUT2D eigenvalue weighted by molar-refractivity contribution is 7.20. The highest BCUT2D eigenvalue weighted by Crippen LogP contribution is 2.28. The summed E-state index contributed by atoms with van der Waals surface area (Å²) in [5, 5.41) is 13.7. The van der Waals surface area contributed by atoms with Gasteiger partial charge in [0.2, 0.25) is 0 Å². The molecule has 1 amide bonds. The summed E-state index contributed by atoms with van der Waals surface area (Å²) in [6, 6.07) is 4.18. The van der Waals surface area contributed by atoms with Crippen molar-refractivity contribution in [2.45, 2.75) is 25.3 Å². The van der Waals surface area contributed by atoms with Crippen molar-refractivity contribution in [3.05, 3.63) is 28.6 Å². The largest absolute Gasteiger partial charge is 0.480 e. The molecule has 0 aliphatic carbocycles. The lowest BCUT2D eigenvalue weighted by Gasteiger charge is -2.25. The van der Waals surface area contributed by atoms with E-state index in [9.17, 15) is 9.59 Å². The van der Waals surface area contributed by atoms with E-state index in [1.165, 1.54) is 11.3 Å². The first-order valence-electron chi connectivity index (χ1n) is 8.25. The number of carbonyl (C=O) groups is 2. The average molecular weight is 380 g/mol. The van der Waals surface area contributed by atoms with Crippen molar-refractivity contribution in [1.82, 2.24) is 14.8 Å². The van der Waals surface area contributed by atoms with Crippen molar-refractivity contribution in [1.29, 1.82) is 0 Å².